The lowest BCUT2D eigenvalue weighted by atomic mass is 9.97. The number of rotatable bonds is 21. The van der Waals surface area contributed by atoms with Gasteiger partial charge in [0.2, 0.25) is 5.78 Å². The molecule has 5 unspecified atom stereocenters. The van der Waals surface area contributed by atoms with Crippen LogP contribution in [-0.2, 0) is 14.4 Å². The highest BCUT2D eigenvalue weighted by Crippen LogP contribution is 2.15. The number of carboxylic acids is 1. The van der Waals surface area contributed by atoms with Gasteiger partial charge in [0, 0.05) is 12.8 Å². The van der Waals surface area contributed by atoms with E-state index in [4.69, 9.17) is 5.11 Å². The summed E-state index contributed by atoms with van der Waals surface area (Å²) in [6.45, 7) is 2.15. The van der Waals surface area contributed by atoms with Crippen molar-refractivity contribution < 1.29 is 45.0 Å². The van der Waals surface area contributed by atoms with Crippen molar-refractivity contribution in [1.82, 2.24) is 0 Å². The molecule has 32 heavy (non-hydrogen) atoms. The van der Waals surface area contributed by atoms with Gasteiger partial charge >= 0.3 is 5.97 Å². The molecule has 0 fully saturated rings. The number of aliphatic hydroxyl groups is 5. The van der Waals surface area contributed by atoms with E-state index in [1.54, 1.807) is 0 Å². The SMILES string of the molecule is CCCCCCCCC(O)CC(O)CCC(=O)C(=O)CC(O)CC(O)CC(O)CC(=O)O. The third-order valence-electron chi connectivity index (χ3n) is 5.37. The fourth-order valence-electron chi connectivity index (χ4n) is 3.57. The number of unbranched alkanes of at least 4 members (excludes halogenated alkanes) is 5. The van der Waals surface area contributed by atoms with Crippen LogP contribution in [0.2, 0.25) is 0 Å². The molecule has 0 amide bonds. The van der Waals surface area contributed by atoms with Crippen LogP contribution in [0.25, 0.3) is 0 Å². The first-order valence-electron chi connectivity index (χ1n) is 11.7. The zero-order valence-corrected chi connectivity index (χ0v) is 19.2. The lowest BCUT2D eigenvalue weighted by molar-refractivity contribution is -0.139. The van der Waals surface area contributed by atoms with Crippen molar-refractivity contribution in [3.63, 3.8) is 0 Å². The van der Waals surface area contributed by atoms with Crippen molar-refractivity contribution in [1.29, 1.82) is 0 Å². The molecule has 0 spiro atoms. The molecule has 5 atom stereocenters. The Morgan fingerprint density at radius 1 is 0.594 bits per heavy atom. The zero-order valence-electron chi connectivity index (χ0n) is 19.2. The smallest absolute Gasteiger partial charge is 0.305 e. The Balaban J connectivity index is 4.05. The predicted octanol–water partition coefficient (Wildman–Crippen LogP) is 1.49. The van der Waals surface area contributed by atoms with Gasteiger partial charge in [-0.2, -0.15) is 0 Å². The van der Waals surface area contributed by atoms with Gasteiger partial charge in [0.15, 0.2) is 5.78 Å². The minimum atomic E-state index is -1.30. The molecular weight excluding hydrogens is 420 g/mol. The van der Waals surface area contributed by atoms with Gasteiger partial charge in [-0.25, -0.2) is 0 Å². The van der Waals surface area contributed by atoms with Crippen molar-refractivity contribution in [3.05, 3.63) is 0 Å². The normalized spacial score (nSPS) is 16.2. The van der Waals surface area contributed by atoms with E-state index in [2.05, 4.69) is 6.92 Å². The number of aliphatic carboxylic acids is 1. The van der Waals surface area contributed by atoms with E-state index >= 15 is 0 Å². The van der Waals surface area contributed by atoms with Crippen molar-refractivity contribution in [2.45, 2.75) is 127 Å². The lowest BCUT2D eigenvalue weighted by Gasteiger charge is -2.17. The Hall–Kier alpha value is -1.39. The van der Waals surface area contributed by atoms with Gasteiger partial charge in [-0.1, -0.05) is 45.4 Å². The van der Waals surface area contributed by atoms with E-state index < -0.39 is 60.9 Å². The van der Waals surface area contributed by atoms with Crippen LogP contribution in [0.5, 0.6) is 0 Å². The summed E-state index contributed by atoms with van der Waals surface area (Å²) in [5, 5.41) is 57.7. The third-order valence-corrected chi connectivity index (χ3v) is 5.37. The predicted molar refractivity (Wildman–Crippen MR) is 118 cm³/mol. The summed E-state index contributed by atoms with van der Waals surface area (Å²) in [7, 11) is 0. The highest BCUT2D eigenvalue weighted by atomic mass is 16.4. The van der Waals surface area contributed by atoms with Gasteiger partial charge < -0.3 is 30.6 Å². The number of carbonyl (C=O) groups excluding carboxylic acids is 2. The Morgan fingerprint density at radius 3 is 1.69 bits per heavy atom. The molecule has 0 rings (SSSR count). The number of ketones is 2. The van der Waals surface area contributed by atoms with Crippen molar-refractivity contribution in [2.75, 3.05) is 0 Å². The van der Waals surface area contributed by atoms with Crippen LogP contribution in [0.3, 0.4) is 0 Å². The number of hydrogen-bond acceptors (Lipinski definition) is 8. The van der Waals surface area contributed by atoms with Crippen LogP contribution in [0.4, 0.5) is 0 Å². The average molecular weight is 463 g/mol. The van der Waals surface area contributed by atoms with E-state index in [0.717, 1.165) is 19.3 Å². The Morgan fingerprint density at radius 2 is 1.09 bits per heavy atom. The monoisotopic (exact) mass is 462 g/mol. The molecule has 6 N–H and O–H groups in total. The third kappa shape index (κ3) is 17.2. The van der Waals surface area contributed by atoms with Crippen molar-refractivity contribution in [2.24, 2.45) is 0 Å². The summed E-state index contributed by atoms with van der Waals surface area (Å²) in [4.78, 5) is 34.4. The largest absolute Gasteiger partial charge is 0.481 e. The molecule has 9 nitrogen and oxygen atoms in total. The average Bonchev–Trinajstić information content (AvgIpc) is 2.67. The first-order valence-corrected chi connectivity index (χ1v) is 11.7. The van der Waals surface area contributed by atoms with Crippen LogP contribution in [0.15, 0.2) is 0 Å². The molecule has 0 heterocycles. The van der Waals surface area contributed by atoms with Crippen molar-refractivity contribution in [3.8, 4) is 0 Å². The van der Waals surface area contributed by atoms with Gasteiger partial charge in [-0.15, -0.1) is 0 Å². The molecule has 188 valence electrons. The maximum Gasteiger partial charge on any atom is 0.305 e. The van der Waals surface area contributed by atoms with Crippen LogP contribution < -0.4 is 0 Å². The highest BCUT2D eigenvalue weighted by Gasteiger charge is 2.23. The van der Waals surface area contributed by atoms with E-state index in [-0.39, 0.29) is 32.1 Å². The quantitative estimate of drug-likeness (QED) is 0.109. The molecule has 0 aliphatic heterocycles. The number of carbonyl (C=O) groups is 3. The minimum Gasteiger partial charge on any atom is -0.481 e. The summed E-state index contributed by atoms with van der Waals surface area (Å²) in [5.74, 6) is -2.78. The Bertz CT molecular complexity index is 538. The van der Waals surface area contributed by atoms with E-state index in [0.29, 0.717) is 6.42 Å². The Kier molecular flexibility index (Phi) is 17.3. The van der Waals surface area contributed by atoms with E-state index in [1.807, 2.05) is 0 Å². The maximum atomic E-state index is 11.9. The van der Waals surface area contributed by atoms with Crippen LogP contribution >= 0.6 is 0 Å². The molecule has 0 aromatic carbocycles. The number of Topliss-reactive ketones (excluding diaryl/α,β-unsaturated/α-hetero) is 2. The van der Waals surface area contributed by atoms with E-state index in [1.165, 1.54) is 19.3 Å². The zero-order chi connectivity index (χ0) is 24.5. The van der Waals surface area contributed by atoms with Gasteiger partial charge in [-0.05, 0) is 32.1 Å². The second-order valence-electron chi connectivity index (χ2n) is 8.72. The van der Waals surface area contributed by atoms with Crippen LogP contribution in [-0.4, -0.2) is 78.7 Å². The number of aliphatic hydroxyl groups excluding tert-OH is 5. The van der Waals surface area contributed by atoms with Crippen molar-refractivity contribution >= 4 is 17.5 Å². The fraction of sp³-hybridized carbons (Fsp3) is 0.870. The van der Waals surface area contributed by atoms with E-state index in [9.17, 15) is 39.9 Å². The number of hydrogen-bond donors (Lipinski definition) is 6. The summed E-state index contributed by atoms with van der Waals surface area (Å²) >= 11 is 0. The van der Waals surface area contributed by atoms with Gasteiger partial charge in [0.25, 0.3) is 0 Å². The van der Waals surface area contributed by atoms with Gasteiger partial charge in [0.1, 0.15) is 0 Å². The standard InChI is InChI=1S/C23H42O9/c1-2-3-4-5-6-7-8-16(24)11-17(25)9-10-21(29)22(30)14-19(27)12-18(26)13-20(28)15-23(31)32/h16-20,24-28H,2-15H2,1H3,(H,31,32). The molecule has 0 aliphatic rings. The second kappa shape index (κ2) is 18.1. The molecule has 0 bridgehead atoms. The first-order chi connectivity index (χ1) is 15.0. The maximum absolute atomic E-state index is 11.9. The first kappa shape index (κ1) is 30.6. The minimum absolute atomic E-state index is 0.0399. The van der Waals surface area contributed by atoms with Crippen LogP contribution in [0, 0.1) is 0 Å². The molecule has 0 aromatic heterocycles. The van der Waals surface area contributed by atoms with Gasteiger partial charge in [-0.3, -0.25) is 14.4 Å². The summed E-state index contributed by atoms with van der Waals surface area (Å²) < 4.78 is 0. The molecular formula is C23H42O9. The Labute approximate surface area is 190 Å². The topological polar surface area (TPSA) is 173 Å². The summed E-state index contributed by atoms with van der Waals surface area (Å²) in [6.07, 6.45) is 0.278. The van der Waals surface area contributed by atoms with Gasteiger partial charge in [0.05, 0.1) is 36.9 Å². The molecule has 0 aliphatic carbocycles. The van der Waals surface area contributed by atoms with Crippen LogP contribution in [0.1, 0.15) is 96.8 Å². The lowest BCUT2D eigenvalue weighted by Crippen LogP contribution is -2.28. The summed E-state index contributed by atoms with van der Waals surface area (Å²) in [6, 6.07) is 0. The fourth-order valence-corrected chi connectivity index (χ4v) is 3.57. The molecule has 0 radical (unpaired) electrons. The molecule has 9 heteroatoms. The molecule has 0 saturated carbocycles. The number of carboxylic acid groups (broad SMARTS) is 1. The summed E-state index contributed by atoms with van der Waals surface area (Å²) in [5.41, 5.74) is 0. The highest BCUT2D eigenvalue weighted by molar-refractivity contribution is 6.37. The molecule has 0 aromatic rings. The molecule has 0 saturated heterocycles. The second-order valence-corrected chi connectivity index (χ2v) is 8.72.